The first kappa shape index (κ1) is 12.7. The maximum Gasteiger partial charge on any atom is 0.329 e. The molecule has 6 heteroatoms. The van der Waals surface area contributed by atoms with Gasteiger partial charge in [-0.15, -0.1) is 0 Å². The van der Waals surface area contributed by atoms with E-state index < -0.39 is 11.6 Å². The second-order valence-electron chi connectivity index (χ2n) is 5.49. The molecule has 1 amide bonds. The molecule has 0 spiro atoms. The predicted molar refractivity (Wildman–Crippen MR) is 71.2 cm³/mol. The van der Waals surface area contributed by atoms with Crippen LogP contribution < -0.4 is 5.32 Å². The number of amides is 1. The van der Waals surface area contributed by atoms with Gasteiger partial charge < -0.3 is 10.1 Å². The third-order valence-electron chi connectivity index (χ3n) is 3.34. The fraction of sp³-hybridized carbons (Fsp3) is 0.357. The Balaban J connectivity index is 1.84. The summed E-state index contributed by atoms with van der Waals surface area (Å²) in [4.78, 5) is 24.0. The molecule has 0 aromatic carbocycles. The maximum absolute atomic E-state index is 12.3. The van der Waals surface area contributed by atoms with Crippen LogP contribution in [0.4, 0.5) is 0 Å². The Morgan fingerprint density at radius 3 is 3.00 bits per heavy atom. The van der Waals surface area contributed by atoms with E-state index in [1.165, 1.54) is 0 Å². The quantitative estimate of drug-likeness (QED) is 0.833. The van der Waals surface area contributed by atoms with Crippen LogP contribution in [0.1, 0.15) is 30.6 Å². The molecule has 1 N–H and O–H groups in total. The first-order valence-electron chi connectivity index (χ1n) is 6.42. The number of rotatable bonds is 2. The summed E-state index contributed by atoms with van der Waals surface area (Å²) in [6.45, 7) is 3.66. The van der Waals surface area contributed by atoms with Crippen LogP contribution in [0, 0.1) is 0 Å². The number of hydrogen-bond donors (Lipinski definition) is 1. The molecule has 2 aromatic rings. The zero-order valence-corrected chi connectivity index (χ0v) is 11.3. The number of esters is 1. The summed E-state index contributed by atoms with van der Waals surface area (Å²) in [5.74, 6) is -0.681. The summed E-state index contributed by atoms with van der Waals surface area (Å²) in [6, 6.07) is 4.61. The van der Waals surface area contributed by atoms with E-state index in [0.717, 1.165) is 0 Å². The molecule has 1 atom stereocenters. The Kier molecular flexibility index (Phi) is 2.74. The molecule has 0 saturated carbocycles. The molecule has 1 aliphatic heterocycles. The summed E-state index contributed by atoms with van der Waals surface area (Å²) < 4.78 is 6.82. The van der Waals surface area contributed by atoms with Gasteiger partial charge in [0.15, 0.2) is 0 Å². The van der Waals surface area contributed by atoms with Crippen LogP contribution >= 0.6 is 0 Å². The second kappa shape index (κ2) is 4.33. The van der Waals surface area contributed by atoms with Gasteiger partial charge in [-0.25, -0.2) is 9.31 Å². The van der Waals surface area contributed by atoms with E-state index in [9.17, 15) is 9.59 Å². The minimum Gasteiger partial charge on any atom is -0.458 e. The van der Waals surface area contributed by atoms with Crippen LogP contribution in [0.3, 0.4) is 0 Å². The van der Waals surface area contributed by atoms with Crippen LogP contribution in [0.15, 0.2) is 30.6 Å². The molecular weight excluding hydrogens is 258 g/mol. The number of nitrogens with zero attached hydrogens (tertiary/aromatic N) is 2. The topological polar surface area (TPSA) is 72.7 Å². The van der Waals surface area contributed by atoms with E-state index in [1.807, 2.05) is 13.8 Å². The van der Waals surface area contributed by atoms with Crippen molar-refractivity contribution in [3.8, 4) is 0 Å². The molecule has 1 saturated heterocycles. The van der Waals surface area contributed by atoms with Gasteiger partial charge in [-0.2, -0.15) is 5.10 Å². The molecule has 0 aliphatic carbocycles. The number of ether oxygens (including phenoxy) is 1. The molecule has 1 unspecified atom stereocenters. The van der Waals surface area contributed by atoms with Crippen LogP contribution in [0.2, 0.25) is 0 Å². The smallest absolute Gasteiger partial charge is 0.329 e. The van der Waals surface area contributed by atoms with Crippen LogP contribution in [0.5, 0.6) is 0 Å². The molecule has 20 heavy (non-hydrogen) atoms. The van der Waals surface area contributed by atoms with Gasteiger partial charge in [0.1, 0.15) is 11.6 Å². The molecule has 1 aliphatic rings. The van der Waals surface area contributed by atoms with Gasteiger partial charge in [-0.1, -0.05) is 0 Å². The maximum atomic E-state index is 12.3. The molecule has 0 bridgehead atoms. The van der Waals surface area contributed by atoms with Crippen molar-refractivity contribution >= 4 is 17.4 Å². The van der Waals surface area contributed by atoms with Crippen molar-refractivity contribution in [2.45, 2.75) is 31.9 Å². The van der Waals surface area contributed by atoms with E-state index in [4.69, 9.17) is 4.74 Å². The van der Waals surface area contributed by atoms with Gasteiger partial charge in [-0.05, 0) is 32.0 Å². The third-order valence-corrected chi connectivity index (χ3v) is 3.34. The highest BCUT2D eigenvalue weighted by Gasteiger charge is 2.40. The number of carbonyl (C=O) groups is 2. The van der Waals surface area contributed by atoms with Crippen molar-refractivity contribution in [3.05, 3.63) is 36.2 Å². The highest BCUT2D eigenvalue weighted by Crippen LogP contribution is 2.26. The molecule has 1 fully saturated rings. The lowest BCUT2D eigenvalue weighted by Gasteiger charge is -2.14. The Bertz CT molecular complexity index is 690. The van der Waals surface area contributed by atoms with Crippen molar-refractivity contribution < 1.29 is 14.3 Å². The van der Waals surface area contributed by atoms with Gasteiger partial charge in [-0.3, -0.25) is 4.79 Å². The highest BCUT2D eigenvalue weighted by atomic mass is 16.6. The number of cyclic esters (lactones) is 1. The standard InChI is InChI=1S/C14H15N3O3/c1-14(2)8-10(13(19)20-14)16-12(18)9-4-3-7-17-11(9)5-6-15-17/h3-7,10H,8H2,1-2H3,(H,16,18). The Morgan fingerprint density at radius 1 is 1.50 bits per heavy atom. The van der Waals surface area contributed by atoms with Crippen LogP contribution in [-0.4, -0.2) is 33.1 Å². The van der Waals surface area contributed by atoms with E-state index in [2.05, 4.69) is 10.4 Å². The SMILES string of the molecule is CC1(C)CC(NC(=O)c2cccn3nccc23)C(=O)O1. The number of aromatic nitrogens is 2. The summed E-state index contributed by atoms with van der Waals surface area (Å²) in [5.41, 5.74) is 0.663. The average molecular weight is 273 g/mol. The molecule has 3 heterocycles. The van der Waals surface area contributed by atoms with Crippen molar-refractivity contribution in [1.82, 2.24) is 14.9 Å². The van der Waals surface area contributed by atoms with Crippen molar-refractivity contribution in [1.29, 1.82) is 0 Å². The predicted octanol–water partition coefficient (Wildman–Crippen LogP) is 1.16. The summed E-state index contributed by atoms with van der Waals surface area (Å²) in [5, 5.41) is 6.80. The minimum absolute atomic E-state index is 0.296. The number of hydrogen-bond acceptors (Lipinski definition) is 4. The minimum atomic E-state index is -0.597. The van der Waals surface area contributed by atoms with Crippen LogP contribution in [0.25, 0.3) is 5.52 Å². The molecule has 3 rings (SSSR count). The number of fused-ring (bicyclic) bond motifs is 1. The number of nitrogens with one attached hydrogen (secondary N) is 1. The third kappa shape index (κ3) is 2.13. The first-order chi connectivity index (χ1) is 9.46. The van der Waals surface area contributed by atoms with E-state index >= 15 is 0 Å². The van der Waals surface area contributed by atoms with Gasteiger partial charge in [0.2, 0.25) is 0 Å². The highest BCUT2D eigenvalue weighted by molar-refractivity contribution is 6.02. The molecule has 6 nitrogen and oxygen atoms in total. The van der Waals surface area contributed by atoms with Crippen molar-refractivity contribution in [2.75, 3.05) is 0 Å². The number of pyridine rings is 1. The van der Waals surface area contributed by atoms with Crippen LogP contribution in [-0.2, 0) is 9.53 Å². The zero-order valence-electron chi connectivity index (χ0n) is 11.3. The molecule has 0 radical (unpaired) electrons. The van der Waals surface area contributed by atoms with Crippen molar-refractivity contribution in [2.24, 2.45) is 0 Å². The second-order valence-corrected chi connectivity index (χ2v) is 5.49. The average Bonchev–Trinajstić information content (AvgIpc) is 2.93. The zero-order chi connectivity index (χ0) is 14.3. The van der Waals surface area contributed by atoms with Gasteiger partial charge in [0.25, 0.3) is 5.91 Å². The van der Waals surface area contributed by atoms with Gasteiger partial charge in [0.05, 0.1) is 17.3 Å². The van der Waals surface area contributed by atoms with E-state index in [1.54, 1.807) is 35.1 Å². The fourth-order valence-corrected chi connectivity index (χ4v) is 2.45. The summed E-state index contributed by atoms with van der Waals surface area (Å²) in [7, 11) is 0. The monoisotopic (exact) mass is 273 g/mol. The number of carbonyl (C=O) groups excluding carboxylic acids is 2. The molecule has 104 valence electrons. The largest absolute Gasteiger partial charge is 0.458 e. The van der Waals surface area contributed by atoms with Gasteiger partial charge >= 0.3 is 5.97 Å². The first-order valence-corrected chi connectivity index (χ1v) is 6.42. The van der Waals surface area contributed by atoms with E-state index in [-0.39, 0.29) is 11.9 Å². The molecular formula is C14H15N3O3. The Hall–Kier alpha value is -2.37. The van der Waals surface area contributed by atoms with Gasteiger partial charge in [0, 0.05) is 12.6 Å². The lowest BCUT2D eigenvalue weighted by molar-refractivity contribution is -0.147. The molecule has 2 aromatic heterocycles. The summed E-state index contributed by atoms with van der Waals surface area (Å²) >= 11 is 0. The lowest BCUT2D eigenvalue weighted by Crippen LogP contribution is -2.38. The Morgan fingerprint density at radius 2 is 2.30 bits per heavy atom. The normalized spacial score (nSPS) is 20.9. The Labute approximate surface area is 115 Å². The summed E-state index contributed by atoms with van der Waals surface area (Å²) in [6.07, 6.45) is 3.86. The van der Waals surface area contributed by atoms with E-state index in [0.29, 0.717) is 17.5 Å². The fourth-order valence-electron chi connectivity index (χ4n) is 2.45. The van der Waals surface area contributed by atoms with Crippen molar-refractivity contribution in [3.63, 3.8) is 0 Å². The lowest BCUT2D eigenvalue weighted by atomic mass is 10.0.